The van der Waals surface area contributed by atoms with Crippen LogP contribution in [0.2, 0.25) is 0 Å². The van der Waals surface area contributed by atoms with Crippen LogP contribution in [0.5, 0.6) is 0 Å². The largest absolute Gasteiger partial charge is 0.475 e. The summed E-state index contributed by atoms with van der Waals surface area (Å²) >= 11 is 0. The summed E-state index contributed by atoms with van der Waals surface area (Å²) in [6.45, 7) is 6.15. The Labute approximate surface area is 120 Å². The molecule has 2 aromatic heterocycles. The second-order valence-electron chi connectivity index (χ2n) is 5.31. The summed E-state index contributed by atoms with van der Waals surface area (Å²) in [6, 6.07) is 0. The van der Waals surface area contributed by atoms with E-state index < -0.39 is 17.2 Å². The van der Waals surface area contributed by atoms with Gasteiger partial charge in [0, 0.05) is 20.1 Å². The van der Waals surface area contributed by atoms with Crippen LogP contribution in [0.15, 0.2) is 9.59 Å². The zero-order valence-electron chi connectivity index (χ0n) is 12.5. The molecule has 8 heteroatoms. The van der Waals surface area contributed by atoms with Crippen molar-refractivity contribution in [2.24, 2.45) is 13.0 Å². The van der Waals surface area contributed by atoms with E-state index in [2.05, 4.69) is 4.98 Å². The fraction of sp³-hybridized carbons (Fsp3) is 0.538. The number of rotatable bonds is 4. The first kappa shape index (κ1) is 15.0. The molecule has 0 bridgehead atoms. The molecule has 0 saturated carbocycles. The number of hydrogen-bond acceptors (Lipinski definition) is 4. The number of carbonyl (C=O) groups is 1. The normalized spacial score (nSPS) is 11.5. The Morgan fingerprint density at radius 1 is 1.29 bits per heavy atom. The fourth-order valence-electron chi connectivity index (χ4n) is 2.36. The van der Waals surface area contributed by atoms with Crippen molar-refractivity contribution in [2.75, 3.05) is 0 Å². The van der Waals surface area contributed by atoms with E-state index in [0.717, 1.165) is 4.57 Å². The van der Waals surface area contributed by atoms with Crippen LogP contribution < -0.4 is 11.2 Å². The van der Waals surface area contributed by atoms with Crippen LogP contribution in [0.1, 0.15) is 31.4 Å². The average Bonchev–Trinajstić information content (AvgIpc) is 2.73. The molecule has 0 aromatic carbocycles. The fourth-order valence-corrected chi connectivity index (χ4v) is 2.36. The van der Waals surface area contributed by atoms with E-state index in [1.165, 1.54) is 16.2 Å². The number of nitrogens with zero attached hydrogens (tertiary/aromatic N) is 4. The predicted octanol–water partition coefficient (Wildman–Crippen LogP) is 0.271. The second kappa shape index (κ2) is 5.19. The van der Waals surface area contributed by atoms with Crippen molar-refractivity contribution >= 4 is 17.1 Å². The highest BCUT2D eigenvalue weighted by molar-refractivity contribution is 5.88. The van der Waals surface area contributed by atoms with Gasteiger partial charge in [0.2, 0.25) is 5.82 Å². The SMILES string of the molecule is CCn1c(=O)c2c(nc(C(=O)O)n2C)n(CC(C)C)c1=O. The number of aryl methyl sites for hydroxylation is 1. The van der Waals surface area contributed by atoms with Gasteiger partial charge < -0.3 is 9.67 Å². The number of aromatic carboxylic acids is 1. The zero-order valence-corrected chi connectivity index (χ0v) is 12.5. The first-order valence-corrected chi connectivity index (χ1v) is 6.72. The van der Waals surface area contributed by atoms with Crippen molar-refractivity contribution in [3.63, 3.8) is 0 Å². The van der Waals surface area contributed by atoms with Gasteiger partial charge in [-0.3, -0.25) is 13.9 Å². The van der Waals surface area contributed by atoms with Gasteiger partial charge in [0.05, 0.1) is 0 Å². The molecule has 0 saturated heterocycles. The van der Waals surface area contributed by atoms with Crippen LogP contribution in [-0.4, -0.2) is 29.8 Å². The molecule has 0 radical (unpaired) electrons. The lowest BCUT2D eigenvalue weighted by Crippen LogP contribution is -2.40. The first-order valence-electron chi connectivity index (χ1n) is 6.72. The maximum absolute atomic E-state index is 12.4. The maximum atomic E-state index is 12.4. The quantitative estimate of drug-likeness (QED) is 0.872. The number of hydrogen-bond donors (Lipinski definition) is 1. The van der Waals surface area contributed by atoms with E-state index in [1.807, 2.05) is 13.8 Å². The van der Waals surface area contributed by atoms with Crippen LogP contribution in [0.3, 0.4) is 0 Å². The summed E-state index contributed by atoms with van der Waals surface area (Å²) in [5, 5.41) is 9.15. The smallest absolute Gasteiger partial charge is 0.372 e. The van der Waals surface area contributed by atoms with Crippen molar-refractivity contribution in [3.8, 4) is 0 Å². The van der Waals surface area contributed by atoms with E-state index >= 15 is 0 Å². The van der Waals surface area contributed by atoms with E-state index in [1.54, 1.807) is 6.92 Å². The van der Waals surface area contributed by atoms with Gasteiger partial charge in [0.25, 0.3) is 5.56 Å². The summed E-state index contributed by atoms with van der Waals surface area (Å²) in [5.41, 5.74) is -0.712. The topological polar surface area (TPSA) is 99.1 Å². The van der Waals surface area contributed by atoms with Crippen LogP contribution in [0.25, 0.3) is 11.2 Å². The van der Waals surface area contributed by atoms with E-state index in [9.17, 15) is 14.4 Å². The van der Waals surface area contributed by atoms with Crippen molar-refractivity contribution in [1.82, 2.24) is 18.7 Å². The standard InChI is InChI=1S/C13H18N4O4/c1-5-16-11(18)8-9(14-10(12(19)20)15(8)4)17(13(16)21)6-7(2)3/h7H,5-6H2,1-4H3,(H,19,20). The van der Waals surface area contributed by atoms with E-state index in [-0.39, 0.29) is 29.5 Å². The van der Waals surface area contributed by atoms with Crippen LogP contribution >= 0.6 is 0 Å². The number of carboxylic acids is 1. The third kappa shape index (κ3) is 2.26. The molecule has 0 aliphatic carbocycles. The summed E-state index contributed by atoms with van der Waals surface area (Å²) in [6.07, 6.45) is 0. The zero-order chi connectivity index (χ0) is 15.9. The molecule has 0 fully saturated rings. The molecular formula is C13H18N4O4. The van der Waals surface area contributed by atoms with Gasteiger partial charge in [-0.1, -0.05) is 13.8 Å². The molecule has 2 aromatic rings. The molecule has 8 nitrogen and oxygen atoms in total. The molecule has 2 rings (SSSR count). The Balaban J connectivity index is 3.00. The Morgan fingerprint density at radius 3 is 2.38 bits per heavy atom. The minimum Gasteiger partial charge on any atom is -0.475 e. The lowest BCUT2D eigenvalue weighted by molar-refractivity contribution is 0.0680. The van der Waals surface area contributed by atoms with Gasteiger partial charge >= 0.3 is 11.7 Å². The molecule has 1 N–H and O–H groups in total. The molecular weight excluding hydrogens is 276 g/mol. The van der Waals surface area contributed by atoms with Gasteiger partial charge in [0.15, 0.2) is 11.2 Å². The molecule has 0 spiro atoms. The third-order valence-electron chi connectivity index (χ3n) is 3.30. The number of imidazole rings is 1. The lowest BCUT2D eigenvalue weighted by Gasteiger charge is -2.12. The molecule has 0 unspecified atom stereocenters. The molecule has 21 heavy (non-hydrogen) atoms. The molecule has 0 atom stereocenters. The van der Waals surface area contributed by atoms with Crippen LogP contribution in [-0.2, 0) is 20.1 Å². The summed E-state index contributed by atoms with van der Waals surface area (Å²) < 4.78 is 3.69. The van der Waals surface area contributed by atoms with Crippen molar-refractivity contribution in [1.29, 1.82) is 0 Å². The van der Waals surface area contributed by atoms with Gasteiger partial charge in [-0.05, 0) is 12.8 Å². The number of carboxylic acid groups (broad SMARTS) is 1. The highest BCUT2D eigenvalue weighted by atomic mass is 16.4. The molecule has 0 amide bonds. The second-order valence-corrected chi connectivity index (χ2v) is 5.31. The molecule has 114 valence electrons. The Morgan fingerprint density at radius 2 is 1.90 bits per heavy atom. The van der Waals surface area contributed by atoms with Gasteiger partial charge in [-0.25, -0.2) is 14.6 Å². The minimum absolute atomic E-state index is 0.128. The molecule has 0 aliphatic rings. The number of fused-ring (bicyclic) bond motifs is 1. The third-order valence-corrected chi connectivity index (χ3v) is 3.30. The highest BCUT2D eigenvalue weighted by Crippen LogP contribution is 2.11. The van der Waals surface area contributed by atoms with Crippen molar-refractivity contribution in [3.05, 3.63) is 26.7 Å². The predicted molar refractivity (Wildman–Crippen MR) is 76.7 cm³/mol. The van der Waals surface area contributed by atoms with Crippen molar-refractivity contribution in [2.45, 2.75) is 33.9 Å². The van der Waals surface area contributed by atoms with Crippen molar-refractivity contribution < 1.29 is 9.90 Å². The average molecular weight is 294 g/mol. The lowest BCUT2D eigenvalue weighted by atomic mass is 10.2. The maximum Gasteiger partial charge on any atom is 0.372 e. The molecule has 0 aliphatic heterocycles. The van der Waals surface area contributed by atoms with E-state index in [4.69, 9.17) is 5.11 Å². The minimum atomic E-state index is -1.24. The Bertz CT molecular complexity index is 825. The first-order chi connectivity index (χ1) is 9.79. The summed E-state index contributed by atoms with van der Waals surface area (Å²) in [5.74, 6) is -1.34. The van der Waals surface area contributed by atoms with Crippen LogP contribution in [0, 0.1) is 5.92 Å². The van der Waals surface area contributed by atoms with Gasteiger partial charge in [-0.2, -0.15) is 0 Å². The summed E-state index contributed by atoms with van der Waals surface area (Å²) in [7, 11) is 1.46. The highest BCUT2D eigenvalue weighted by Gasteiger charge is 2.22. The van der Waals surface area contributed by atoms with E-state index in [0.29, 0.717) is 6.54 Å². The monoisotopic (exact) mass is 294 g/mol. The Hall–Kier alpha value is -2.38. The molecule has 2 heterocycles. The Kier molecular flexibility index (Phi) is 3.71. The number of aromatic nitrogens is 4. The van der Waals surface area contributed by atoms with Gasteiger partial charge in [0.1, 0.15) is 0 Å². The summed E-state index contributed by atoms with van der Waals surface area (Å²) in [4.78, 5) is 39.9. The van der Waals surface area contributed by atoms with Gasteiger partial charge in [-0.15, -0.1) is 0 Å². The van der Waals surface area contributed by atoms with Crippen LogP contribution in [0.4, 0.5) is 0 Å².